The lowest BCUT2D eigenvalue weighted by Gasteiger charge is -2.11. The summed E-state index contributed by atoms with van der Waals surface area (Å²) in [6, 6.07) is 14.0. The summed E-state index contributed by atoms with van der Waals surface area (Å²) >= 11 is 1.52. The molecule has 0 fully saturated rings. The maximum absolute atomic E-state index is 12.6. The third-order valence-electron chi connectivity index (χ3n) is 4.72. The molecule has 3 aromatic heterocycles. The zero-order chi connectivity index (χ0) is 23.4. The van der Waals surface area contributed by atoms with Crippen LogP contribution >= 0.6 is 11.3 Å². The molecule has 0 aliphatic carbocycles. The van der Waals surface area contributed by atoms with Crippen molar-refractivity contribution in [2.75, 3.05) is 19.0 Å². The van der Waals surface area contributed by atoms with Crippen molar-refractivity contribution >= 4 is 23.1 Å². The number of thiophene rings is 1. The first-order valence-electron chi connectivity index (χ1n) is 10.2. The molecule has 1 aromatic carbocycles. The molecule has 10 heteroatoms. The maximum Gasteiger partial charge on any atom is 0.263 e. The number of benzene rings is 1. The van der Waals surface area contributed by atoms with E-state index < -0.39 is 0 Å². The number of ether oxygens (including phenoxy) is 2. The van der Waals surface area contributed by atoms with E-state index in [2.05, 4.69) is 20.4 Å². The summed E-state index contributed by atoms with van der Waals surface area (Å²) in [6.45, 7) is 3.69. The minimum absolute atomic E-state index is 0.0503. The number of anilines is 1. The third-order valence-corrected chi connectivity index (χ3v) is 5.61. The summed E-state index contributed by atoms with van der Waals surface area (Å²) in [4.78, 5) is 33.0. The quantitative estimate of drug-likeness (QED) is 0.409. The SMILES string of the molecule is COc1ccc(OCC(=O)Nc2cc(-c3cccs3)nn2-c2nc(C(C)C)cc(=O)[nH]2)cc1. The van der Waals surface area contributed by atoms with Crippen LogP contribution in [-0.2, 0) is 4.79 Å². The molecule has 3 heterocycles. The van der Waals surface area contributed by atoms with Crippen LogP contribution in [0.1, 0.15) is 25.5 Å². The molecule has 0 saturated heterocycles. The van der Waals surface area contributed by atoms with Gasteiger partial charge in [0.2, 0.25) is 5.95 Å². The van der Waals surface area contributed by atoms with Gasteiger partial charge in [-0.3, -0.25) is 14.6 Å². The number of aromatic nitrogens is 4. The molecule has 9 nitrogen and oxygen atoms in total. The van der Waals surface area contributed by atoms with Gasteiger partial charge in [0.1, 0.15) is 23.0 Å². The fraction of sp³-hybridized carbons (Fsp3) is 0.217. The van der Waals surface area contributed by atoms with Gasteiger partial charge in [0.25, 0.3) is 11.5 Å². The number of carbonyl (C=O) groups excluding carboxylic acids is 1. The number of nitrogens with zero attached hydrogens (tertiary/aromatic N) is 3. The topological polar surface area (TPSA) is 111 Å². The van der Waals surface area contributed by atoms with Crippen LogP contribution in [-0.4, -0.2) is 39.4 Å². The Bertz CT molecular complexity index is 1290. The second-order valence-corrected chi connectivity index (χ2v) is 8.41. The van der Waals surface area contributed by atoms with Crippen LogP contribution in [0.5, 0.6) is 11.5 Å². The van der Waals surface area contributed by atoms with Crippen molar-refractivity contribution in [1.82, 2.24) is 19.7 Å². The molecule has 0 aliphatic heterocycles. The minimum atomic E-state index is -0.382. The van der Waals surface area contributed by atoms with E-state index in [1.54, 1.807) is 37.4 Å². The highest BCUT2D eigenvalue weighted by Gasteiger charge is 2.17. The van der Waals surface area contributed by atoms with Gasteiger partial charge in [-0.15, -0.1) is 11.3 Å². The lowest BCUT2D eigenvalue weighted by molar-refractivity contribution is -0.118. The van der Waals surface area contributed by atoms with E-state index in [9.17, 15) is 9.59 Å². The van der Waals surface area contributed by atoms with E-state index in [0.29, 0.717) is 28.7 Å². The molecule has 0 atom stereocenters. The van der Waals surface area contributed by atoms with Gasteiger partial charge in [-0.2, -0.15) is 9.78 Å². The molecule has 4 aromatic rings. The van der Waals surface area contributed by atoms with E-state index >= 15 is 0 Å². The second-order valence-electron chi connectivity index (χ2n) is 7.46. The molecule has 0 unspecified atom stereocenters. The largest absolute Gasteiger partial charge is 0.497 e. The van der Waals surface area contributed by atoms with Crippen LogP contribution in [0.4, 0.5) is 5.82 Å². The van der Waals surface area contributed by atoms with Gasteiger partial charge in [-0.25, -0.2) is 4.98 Å². The molecular weight excluding hydrogens is 442 g/mol. The molecule has 1 amide bonds. The molecule has 0 aliphatic rings. The van der Waals surface area contributed by atoms with Crippen LogP contribution in [0.25, 0.3) is 16.5 Å². The Morgan fingerprint density at radius 1 is 1.18 bits per heavy atom. The molecule has 0 bridgehead atoms. The van der Waals surface area contributed by atoms with Gasteiger partial charge in [0.15, 0.2) is 6.61 Å². The van der Waals surface area contributed by atoms with Gasteiger partial charge in [-0.05, 0) is 41.6 Å². The lowest BCUT2D eigenvalue weighted by Crippen LogP contribution is -2.23. The molecule has 170 valence electrons. The molecular formula is C23H23N5O4S. The highest BCUT2D eigenvalue weighted by Crippen LogP contribution is 2.27. The van der Waals surface area contributed by atoms with Crippen molar-refractivity contribution in [3.8, 4) is 28.0 Å². The number of methoxy groups -OCH3 is 1. The summed E-state index contributed by atoms with van der Waals surface area (Å²) in [5.41, 5.74) is 0.980. The van der Waals surface area contributed by atoms with Crippen molar-refractivity contribution in [2.24, 2.45) is 0 Å². The first kappa shape index (κ1) is 22.3. The van der Waals surface area contributed by atoms with Gasteiger partial charge >= 0.3 is 0 Å². The fourth-order valence-corrected chi connectivity index (χ4v) is 3.72. The molecule has 4 rings (SSSR count). The van der Waals surface area contributed by atoms with Gasteiger partial charge in [-0.1, -0.05) is 19.9 Å². The summed E-state index contributed by atoms with van der Waals surface area (Å²) in [5, 5.41) is 9.33. The van der Waals surface area contributed by atoms with Crippen LogP contribution in [0.15, 0.2) is 58.7 Å². The second kappa shape index (κ2) is 9.70. The summed E-state index contributed by atoms with van der Waals surface area (Å²) in [5.74, 6) is 1.49. The number of aromatic amines is 1. The van der Waals surface area contributed by atoms with E-state index in [1.165, 1.54) is 22.1 Å². The summed E-state index contributed by atoms with van der Waals surface area (Å²) in [7, 11) is 1.58. The Labute approximate surface area is 194 Å². The van der Waals surface area contributed by atoms with E-state index in [-0.39, 0.29) is 29.9 Å². The fourth-order valence-electron chi connectivity index (χ4n) is 3.04. The maximum atomic E-state index is 12.6. The zero-order valence-corrected chi connectivity index (χ0v) is 19.2. The highest BCUT2D eigenvalue weighted by atomic mass is 32.1. The smallest absolute Gasteiger partial charge is 0.263 e. The van der Waals surface area contributed by atoms with Crippen molar-refractivity contribution in [2.45, 2.75) is 19.8 Å². The predicted octanol–water partition coefficient (Wildman–Crippen LogP) is 3.83. The lowest BCUT2D eigenvalue weighted by atomic mass is 10.1. The molecule has 0 radical (unpaired) electrons. The van der Waals surface area contributed by atoms with Crippen molar-refractivity contribution in [1.29, 1.82) is 0 Å². The normalized spacial score (nSPS) is 10.9. The van der Waals surface area contributed by atoms with Crippen molar-refractivity contribution in [3.05, 3.63) is 70.0 Å². The summed E-state index contributed by atoms with van der Waals surface area (Å²) < 4.78 is 12.1. The number of rotatable bonds is 8. The van der Waals surface area contributed by atoms with Crippen molar-refractivity contribution < 1.29 is 14.3 Å². The van der Waals surface area contributed by atoms with E-state index in [4.69, 9.17) is 9.47 Å². The van der Waals surface area contributed by atoms with Gasteiger partial charge in [0, 0.05) is 12.1 Å². The third kappa shape index (κ3) is 5.29. The zero-order valence-electron chi connectivity index (χ0n) is 18.4. The Morgan fingerprint density at radius 2 is 1.94 bits per heavy atom. The first-order valence-corrected chi connectivity index (χ1v) is 11.1. The minimum Gasteiger partial charge on any atom is -0.497 e. The predicted molar refractivity (Wildman–Crippen MR) is 127 cm³/mol. The Hall–Kier alpha value is -3.92. The number of H-pyrrole nitrogens is 1. The standard InChI is InChI=1S/C23H23N5O4S/c1-14(2)17-12-21(29)26-23(24-17)28-20(11-18(27-28)19-5-4-10-33-19)25-22(30)13-32-16-8-6-15(31-3)7-9-16/h4-12,14H,13H2,1-3H3,(H,25,30)(H,24,26,29). The molecule has 0 saturated carbocycles. The average Bonchev–Trinajstić information content (AvgIpc) is 3.48. The van der Waals surface area contributed by atoms with Crippen LogP contribution in [0.3, 0.4) is 0 Å². The number of hydrogen-bond donors (Lipinski definition) is 2. The molecule has 2 N–H and O–H groups in total. The monoisotopic (exact) mass is 465 g/mol. The number of nitrogens with one attached hydrogen (secondary N) is 2. The molecule has 0 spiro atoms. The average molecular weight is 466 g/mol. The van der Waals surface area contributed by atoms with E-state index in [1.807, 2.05) is 31.4 Å². The van der Waals surface area contributed by atoms with Crippen LogP contribution in [0.2, 0.25) is 0 Å². The van der Waals surface area contributed by atoms with Crippen molar-refractivity contribution in [3.63, 3.8) is 0 Å². The Balaban J connectivity index is 1.60. The Kier molecular flexibility index (Phi) is 6.55. The number of carbonyl (C=O) groups is 1. The number of amides is 1. The van der Waals surface area contributed by atoms with Crippen LogP contribution < -0.4 is 20.3 Å². The van der Waals surface area contributed by atoms with Gasteiger partial charge < -0.3 is 14.8 Å². The number of hydrogen-bond acceptors (Lipinski definition) is 7. The van der Waals surface area contributed by atoms with E-state index in [0.717, 1.165) is 4.88 Å². The molecule has 33 heavy (non-hydrogen) atoms. The summed E-state index contributed by atoms with van der Waals surface area (Å²) in [6.07, 6.45) is 0. The van der Waals surface area contributed by atoms with Gasteiger partial charge in [0.05, 0.1) is 17.7 Å². The van der Waals surface area contributed by atoms with Crippen LogP contribution in [0, 0.1) is 0 Å². The Morgan fingerprint density at radius 3 is 2.61 bits per heavy atom. The highest BCUT2D eigenvalue weighted by molar-refractivity contribution is 7.13. The first-order chi connectivity index (χ1) is 15.9.